The zero-order valence-corrected chi connectivity index (χ0v) is 10.0. The van der Waals surface area contributed by atoms with Crippen LogP contribution < -0.4 is 0 Å². The fourth-order valence-corrected chi connectivity index (χ4v) is 1.61. The first-order valence-electron chi connectivity index (χ1n) is 5.36. The lowest BCUT2D eigenvalue weighted by Gasteiger charge is -2.05. The van der Waals surface area contributed by atoms with Gasteiger partial charge in [0.1, 0.15) is 5.69 Å². The molecule has 2 aromatic heterocycles. The smallest absolute Gasteiger partial charge is 0.214 e. The summed E-state index contributed by atoms with van der Waals surface area (Å²) in [6.45, 7) is 3.75. The Bertz CT molecular complexity index is 561. The Morgan fingerprint density at radius 2 is 2.18 bits per heavy atom. The molecule has 17 heavy (non-hydrogen) atoms. The highest BCUT2D eigenvalue weighted by Crippen LogP contribution is 2.12. The lowest BCUT2D eigenvalue weighted by Crippen LogP contribution is -2.12. The van der Waals surface area contributed by atoms with Crippen molar-refractivity contribution in [2.24, 2.45) is 7.05 Å². The summed E-state index contributed by atoms with van der Waals surface area (Å²) in [4.78, 5) is 12.3. The molecular formula is C11H13N5O. The van der Waals surface area contributed by atoms with E-state index in [1.165, 1.54) is 10.9 Å². The minimum absolute atomic E-state index is 0.118. The standard InChI is InChI=1S/C11H13N5O/c1-4-9-8(5-7(2)13-14-9)11(17)10-6-12-15-16(10)3/h5-6H,4H2,1-3H3. The molecule has 0 saturated heterocycles. The van der Waals surface area contributed by atoms with E-state index in [-0.39, 0.29) is 5.78 Å². The molecule has 0 aliphatic rings. The molecule has 0 aromatic carbocycles. The highest BCUT2D eigenvalue weighted by molar-refractivity contribution is 6.08. The van der Waals surface area contributed by atoms with Gasteiger partial charge in [-0.2, -0.15) is 10.2 Å². The molecular weight excluding hydrogens is 218 g/mol. The van der Waals surface area contributed by atoms with Crippen LogP contribution >= 0.6 is 0 Å². The molecule has 0 spiro atoms. The Morgan fingerprint density at radius 1 is 1.41 bits per heavy atom. The molecule has 6 heteroatoms. The van der Waals surface area contributed by atoms with Gasteiger partial charge in [-0.25, -0.2) is 4.68 Å². The van der Waals surface area contributed by atoms with Gasteiger partial charge in [0.25, 0.3) is 0 Å². The number of ketones is 1. The summed E-state index contributed by atoms with van der Waals surface area (Å²) in [7, 11) is 1.69. The maximum atomic E-state index is 12.3. The van der Waals surface area contributed by atoms with Gasteiger partial charge in [0.05, 0.1) is 17.6 Å². The van der Waals surface area contributed by atoms with E-state index in [0.717, 1.165) is 5.69 Å². The molecule has 2 rings (SSSR count). The number of nitrogens with zero attached hydrogens (tertiary/aromatic N) is 5. The third kappa shape index (κ3) is 2.06. The molecule has 0 aliphatic heterocycles. The fourth-order valence-electron chi connectivity index (χ4n) is 1.61. The van der Waals surface area contributed by atoms with Crippen LogP contribution in [0.2, 0.25) is 0 Å². The molecule has 0 unspecified atom stereocenters. The van der Waals surface area contributed by atoms with Crippen molar-refractivity contribution in [3.8, 4) is 0 Å². The Kier molecular flexibility index (Phi) is 2.95. The fraction of sp³-hybridized carbons (Fsp3) is 0.364. The van der Waals surface area contributed by atoms with Crippen LogP contribution in [0.4, 0.5) is 0 Å². The van der Waals surface area contributed by atoms with Crippen LogP contribution in [0.5, 0.6) is 0 Å². The van der Waals surface area contributed by atoms with Gasteiger partial charge in [0, 0.05) is 12.6 Å². The van der Waals surface area contributed by atoms with Crippen LogP contribution in [0.25, 0.3) is 0 Å². The maximum absolute atomic E-state index is 12.3. The number of hydrogen-bond acceptors (Lipinski definition) is 5. The summed E-state index contributed by atoms with van der Waals surface area (Å²) in [5.41, 5.74) is 2.44. The van der Waals surface area contributed by atoms with Crippen LogP contribution in [-0.4, -0.2) is 31.0 Å². The van der Waals surface area contributed by atoms with E-state index in [1.807, 2.05) is 13.8 Å². The summed E-state index contributed by atoms with van der Waals surface area (Å²) in [6, 6.07) is 1.75. The van der Waals surface area contributed by atoms with E-state index < -0.39 is 0 Å². The Labute approximate surface area is 98.7 Å². The van der Waals surface area contributed by atoms with Gasteiger partial charge >= 0.3 is 0 Å². The van der Waals surface area contributed by atoms with Gasteiger partial charge in [-0.05, 0) is 19.4 Å². The first-order chi connectivity index (χ1) is 8.13. The summed E-state index contributed by atoms with van der Waals surface area (Å²) >= 11 is 0. The number of hydrogen-bond donors (Lipinski definition) is 0. The topological polar surface area (TPSA) is 73.6 Å². The normalized spacial score (nSPS) is 10.5. The van der Waals surface area contributed by atoms with Gasteiger partial charge in [0.2, 0.25) is 5.78 Å². The molecule has 2 aromatic rings. The molecule has 2 heterocycles. The lowest BCUT2D eigenvalue weighted by molar-refractivity contribution is 0.102. The molecule has 0 fully saturated rings. The molecule has 0 radical (unpaired) electrons. The Balaban J connectivity index is 2.50. The highest BCUT2D eigenvalue weighted by atomic mass is 16.1. The first kappa shape index (κ1) is 11.4. The van der Waals surface area contributed by atoms with Crippen LogP contribution in [0.3, 0.4) is 0 Å². The second-order valence-corrected chi connectivity index (χ2v) is 3.77. The maximum Gasteiger partial charge on any atom is 0.214 e. The van der Waals surface area contributed by atoms with E-state index in [2.05, 4.69) is 20.5 Å². The summed E-state index contributed by atoms with van der Waals surface area (Å²) in [6.07, 6.45) is 2.12. The van der Waals surface area contributed by atoms with Crippen molar-refractivity contribution in [2.45, 2.75) is 20.3 Å². The average Bonchev–Trinajstić information content (AvgIpc) is 2.74. The van der Waals surface area contributed by atoms with Crippen LogP contribution in [0.1, 0.15) is 34.4 Å². The second-order valence-electron chi connectivity index (χ2n) is 3.77. The van der Waals surface area contributed by atoms with Gasteiger partial charge in [-0.1, -0.05) is 12.1 Å². The molecule has 88 valence electrons. The number of aryl methyl sites for hydroxylation is 3. The minimum atomic E-state index is -0.118. The molecule has 0 amide bonds. The monoisotopic (exact) mass is 231 g/mol. The number of rotatable bonds is 3. The number of carbonyl (C=O) groups excluding carboxylic acids is 1. The predicted molar refractivity (Wildman–Crippen MR) is 60.6 cm³/mol. The third-order valence-corrected chi connectivity index (χ3v) is 2.52. The summed E-state index contributed by atoms with van der Waals surface area (Å²) in [5, 5.41) is 15.4. The van der Waals surface area contributed by atoms with Crippen LogP contribution in [0.15, 0.2) is 12.3 Å². The van der Waals surface area contributed by atoms with Crippen molar-refractivity contribution in [3.63, 3.8) is 0 Å². The molecule has 0 aliphatic carbocycles. The van der Waals surface area contributed by atoms with E-state index in [4.69, 9.17) is 0 Å². The SMILES string of the molecule is CCc1nnc(C)cc1C(=O)c1cnnn1C. The Hall–Kier alpha value is -2.11. The predicted octanol–water partition coefficient (Wildman–Crippen LogP) is 0.707. The molecule has 0 atom stereocenters. The van der Waals surface area contributed by atoms with E-state index in [9.17, 15) is 4.79 Å². The quantitative estimate of drug-likeness (QED) is 0.727. The third-order valence-electron chi connectivity index (χ3n) is 2.52. The molecule has 6 nitrogen and oxygen atoms in total. The van der Waals surface area contributed by atoms with Gasteiger partial charge in [0.15, 0.2) is 0 Å². The zero-order chi connectivity index (χ0) is 12.4. The Morgan fingerprint density at radius 3 is 2.76 bits per heavy atom. The van der Waals surface area contributed by atoms with Crippen molar-refractivity contribution in [2.75, 3.05) is 0 Å². The van der Waals surface area contributed by atoms with E-state index in [1.54, 1.807) is 13.1 Å². The van der Waals surface area contributed by atoms with Crippen molar-refractivity contribution in [3.05, 3.63) is 34.9 Å². The number of aromatic nitrogens is 5. The van der Waals surface area contributed by atoms with E-state index >= 15 is 0 Å². The molecule has 0 N–H and O–H groups in total. The summed E-state index contributed by atoms with van der Waals surface area (Å²) in [5.74, 6) is -0.118. The van der Waals surface area contributed by atoms with Crippen LogP contribution in [-0.2, 0) is 13.5 Å². The molecule has 0 bridgehead atoms. The average molecular weight is 231 g/mol. The summed E-state index contributed by atoms with van der Waals surface area (Å²) < 4.78 is 1.46. The van der Waals surface area contributed by atoms with Crippen LogP contribution in [0, 0.1) is 6.92 Å². The minimum Gasteiger partial charge on any atom is -0.287 e. The highest BCUT2D eigenvalue weighted by Gasteiger charge is 2.18. The largest absolute Gasteiger partial charge is 0.287 e. The van der Waals surface area contributed by atoms with Crippen molar-refractivity contribution < 1.29 is 4.79 Å². The van der Waals surface area contributed by atoms with E-state index in [0.29, 0.717) is 23.4 Å². The second kappa shape index (κ2) is 4.40. The first-order valence-corrected chi connectivity index (χ1v) is 5.36. The van der Waals surface area contributed by atoms with Crippen molar-refractivity contribution in [1.29, 1.82) is 0 Å². The van der Waals surface area contributed by atoms with Crippen molar-refractivity contribution in [1.82, 2.24) is 25.2 Å². The van der Waals surface area contributed by atoms with Gasteiger partial charge < -0.3 is 0 Å². The molecule has 0 saturated carbocycles. The van der Waals surface area contributed by atoms with Gasteiger partial charge in [-0.15, -0.1) is 5.10 Å². The van der Waals surface area contributed by atoms with Crippen molar-refractivity contribution >= 4 is 5.78 Å². The van der Waals surface area contributed by atoms with Gasteiger partial charge in [-0.3, -0.25) is 4.79 Å². The lowest BCUT2D eigenvalue weighted by atomic mass is 10.1. The number of carbonyl (C=O) groups is 1. The zero-order valence-electron chi connectivity index (χ0n) is 10.0.